The first-order valence-electron chi connectivity index (χ1n) is 5.01. The van der Waals surface area contributed by atoms with E-state index in [9.17, 15) is 4.79 Å². The van der Waals surface area contributed by atoms with Crippen LogP contribution >= 0.6 is 0 Å². The van der Waals surface area contributed by atoms with Crippen molar-refractivity contribution in [1.82, 2.24) is 20.2 Å². The molecule has 0 spiro atoms. The molecule has 76 valence electrons. The van der Waals surface area contributed by atoms with E-state index in [0.29, 0.717) is 18.1 Å². The summed E-state index contributed by atoms with van der Waals surface area (Å²) in [6.07, 6.45) is 4.47. The Morgan fingerprint density at radius 2 is 2.36 bits per heavy atom. The lowest BCUT2D eigenvalue weighted by atomic mass is 10.1. The van der Waals surface area contributed by atoms with Crippen molar-refractivity contribution in [3.05, 3.63) is 5.82 Å². The molecule has 0 aromatic carbocycles. The van der Waals surface area contributed by atoms with Crippen molar-refractivity contribution < 1.29 is 4.79 Å². The minimum Gasteiger partial charge on any atom is -0.299 e. The van der Waals surface area contributed by atoms with Crippen LogP contribution in [0, 0.1) is 5.92 Å². The topological polar surface area (TPSA) is 60.7 Å². The maximum Gasteiger partial charge on any atom is 0.174 e. The Hall–Kier alpha value is -1.26. The first-order valence-corrected chi connectivity index (χ1v) is 5.01. The van der Waals surface area contributed by atoms with Crippen molar-refractivity contribution in [3.63, 3.8) is 0 Å². The molecule has 1 aliphatic carbocycles. The van der Waals surface area contributed by atoms with Crippen molar-refractivity contribution >= 4 is 5.78 Å². The van der Waals surface area contributed by atoms with Gasteiger partial charge in [-0.25, -0.2) is 0 Å². The zero-order valence-corrected chi connectivity index (χ0v) is 8.31. The van der Waals surface area contributed by atoms with Crippen molar-refractivity contribution in [2.24, 2.45) is 13.0 Å². The molecule has 0 bridgehead atoms. The first-order chi connectivity index (χ1) is 6.75. The molecule has 5 heteroatoms. The van der Waals surface area contributed by atoms with Crippen LogP contribution in [0.3, 0.4) is 0 Å². The van der Waals surface area contributed by atoms with E-state index >= 15 is 0 Å². The molecule has 0 saturated heterocycles. The van der Waals surface area contributed by atoms with E-state index < -0.39 is 0 Å². The predicted molar refractivity (Wildman–Crippen MR) is 49.5 cm³/mol. The van der Waals surface area contributed by atoms with Crippen LogP contribution in [0.4, 0.5) is 0 Å². The third-order valence-electron chi connectivity index (χ3n) is 2.41. The van der Waals surface area contributed by atoms with E-state index in [4.69, 9.17) is 0 Å². The van der Waals surface area contributed by atoms with Crippen molar-refractivity contribution in [3.8, 4) is 0 Å². The zero-order valence-electron chi connectivity index (χ0n) is 8.31. The molecular formula is C9H14N4O. The smallest absolute Gasteiger partial charge is 0.174 e. The molecule has 0 amide bonds. The Balaban J connectivity index is 1.69. The van der Waals surface area contributed by atoms with Gasteiger partial charge in [0, 0.05) is 18.8 Å². The van der Waals surface area contributed by atoms with E-state index in [2.05, 4.69) is 15.4 Å². The fraction of sp³-hybridized carbons (Fsp3) is 0.778. The van der Waals surface area contributed by atoms with Gasteiger partial charge in [0.2, 0.25) is 0 Å². The number of aromatic nitrogens is 4. The van der Waals surface area contributed by atoms with Gasteiger partial charge in [0.25, 0.3) is 0 Å². The van der Waals surface area contributed by atoms with Gasteiger partial charge in [-0.15, -0.1) is 10.2 Å². The number of nitrogens with zero attached hydrogens (tertiary/aromatic N) is 4. The van der Waals surface area contributed by atoms with Gasteiger partial charge in [-0.05, 0) is 24.5 Å². The quantitative estimate of drug-likeness (QED) is 0.685. The molecule has 0 unspecified atom stereocenters. The molecule has 1 heterocycles. The lowest BCUT2D eigenvalue weighted by Gasteiger charge is -1.95. The molecule has 1 aliphatic rings. The molecule has 5 nitrogen and oxygen atoms in total. The average Bonchev–Trinajstić information content (AvgIpc) is 2.92. The van der Waals surface area contributed by atoms with Crippen molar-refractivity contribution in [2.45, 2.75) is 32.1 Å². The van der Waals surface area contributed by atoms with Gasteiger partial charge >= 0.3 is 0 Å². The molecular weight excluding hydrogens is 180 g/mol. The minimum atomic E-state index is 0.379. The van der Waals surface area contributed by atoms with Crippen molar-refractivity contribution in [1.29, 1.82) is 0 Å². The number of aryl methyl sites for hydroxylation is 2. The zero-order chi connectivity index (χ0) is 9.97. The number of carbonyl (C=O) groups excluding carboxylic acids is 1. The Morgan fingerprint density at radius 3 is 2.93 bits per heavy atom. The highest BCUT2D eigenvalue weighted by atomic mass is 16.1. The Bertz CT molecular complexity index is 329. The molecule has 1 saturated carbocycles. The van der Waals surface area contributed by atoms with Gasteiger partial charge in [0.15, 0.2) is 5.82 Å². The monoisotopic (exact) mass is 194 g/mol. The number of rotatable bonds is 5. The summed E-state index contributed by atoms with van der Waals surface area (Å²) in [4.78, 5) is 12.8. The lowest BCUT2D eigenvalue weighted by molar-refractivity contribution is -0.120. The molecule has 14 heavy (non-hydrogen) atoms. The van der Waals surface area contributed by atoms with Crippen LogP contribution in [0.1, 0.15) is 31.5 Å². The van der Waals surface area contributed by atoms with E-state index in [1.54, 1.807) is 7.05 Å². The van der Waals surface area contributed by atoms with Gasteiger partial charge in [0.1, 0.15) is 5.78 Å². The van der Waals surface area contributed by atoms with Crippen LogP contribution in [0.15, 0.2) is 0 Å². The molecule has 1 fully saturated rings. The second-order valence-electron chi connectivity index (χ2n) is 3.79. The Morgan fingerprint density at radius 1 is 1.57 bits per heavy atom. The molecule has 2 rings (SSSR count). The second kappa shape index (κ2) is 3.86. The molecule has 0 N–H and O–H groups in total. The largest absolute Gasteiger partial charge is 0.299 e. The molecule has 0 aliphatic heterocycles. The number of Topliss-reactive ketones (excluding diaryl/α,β-unsaturated/α-hetero) is 1. The Kier molecular flexibility index (Phi) is 2.56. The van der Waals surface area contributed by atoms with Gasteiger partial charge < -0.3 is 0 Å². The van der Waals surface area contributed by atoms with E-state index in [-0.39, 0.29) is 0 Å². The third-order valence-corrected chi connectivity index (χ3v) is 2.41. The number of ketones is 1. The van der Waals surface area contributed by atoms with Gasteiger partial charge in [0.05, 0.1) is 7.05 Å². The standard InChI is InChI=1S/C9H14N4O/c1-13-11-9(10-12-13)4-2-3-8(14)7-5-6-7/h7H,2-6H2,1H3. The number of hydrogen-bond donors (Lipinski definition) is 0. The maximum absolute atomic E-state index is 11.3. The van der Waals surface area contributed by atoms with Gasteiger partial charge in [-0.2, -0.15) is 4.80 Å². The molecule has 0 atom stereocenters. The second-order valence-corrected chi connectivity index (χ2v) is 3.79. The van der Waals surface area contributed by atoms with E-state index in [1.807, 2.05) is 0 Å². The maximum atomic E-state index is 11.3. The van der Waals surface area contributed by atoms with E-state index in [0.717, 1.165) is 31.5 Å². The normalized spacial score (nSPS) is 15.8. The van der Waals surface area contributed by atoms with Crippen LogP contribution in [0.25, 0.3) is 0 Å². The summed E-state index contributed by atoms with van der Waals surface area (Å²) in [5.74, 6) is 1.52. The number of carbonyl (C=O) groups is 1. The van der Waals surface area contributed by atoms with Gasteiger partial charge in [-0.3, -0.25) is 4.79 Å². The van der Waals surface area contributed by atoms with Crippen LogP contribution in [0.5, 0.6) is 0 Å². The molecule has 0 radical (unpaired) electrons. The lowest BCUT2D eigenvalue weighted by Crippen LogP contribution is -2.01. The van der Waals surface area contributed by atoms with Crippen LogP contribution < -0.4 is 0 Å². The highest BCUT2D eigenvalue weighted by Crippen LogP contribution is 2.31. The number of hydrogen-bond acceptors (Lipinski definition) is 4. The van der Waals surface area contributed by atoms with Crippen LogP contribution in [-0.2, 0) is 18.3 Å². The summed E-state index contributed by atoms with van der Waals surface area (Å²) >= 11 is 0. The van der Waals surface area contributed by atoms with Crippen LogP contribution in [-0.4, -0.2) is 26.0 Å². The van der Waals surface area contributed by atoms with Crippen molar-refractivity contribution in [2.75, 3.05) is 0 Å². The SMILES string of the molecule is Cn1nnc(CCCC(=O)C2CC2)n1. The van der Waals surface area contributed by atoms with E-state index in [1.165, 1.54) is 4.80 Å². The summed E-state index contributed by atoms with van der Waals surface area (Å²) in [7, 11) is 1.74. The molecule has 1 aromatic heterocycles. The third kappa shape index (κ3) is 2.37. The highest BCUT2D eigenvalue weighted by molar-refractivity contribution is 5.83. The fourth-order valence-corrected chi connectivity index (χ4v) is 1.45. The summed E-state index contributed by atoms with van der Waals surface area (Å²) in [5.41, 5.74) is 0. The molecule has 1 aromatic rings. The number of tetrazole rings is 1. The fourth-order valence-electron chi connectivity index (χ4n) is 1.45. The predicted octanol–water partition coefficient (Wildman–Crippen LogP) is 0.512. The van der Waals surface area contributed by atoms with Gasteiger partial charge in [-0.1, -0.05) is 0 Å². The Labute approximate surface area is 82.5 Å². The summed E-state index contributed by atoms with van der Waals surface area (Å²) in [6.45, 7) is 0. The first kappa shape index (κ1) is 9.30. The minimum absolute atomic E-state index is 0.379. The van der Waals surface area contributed by atoms with Crippen LogP contribution in [0.2, 0.25) is 0 Å². The summed E-state index contributed by atoms with van der Waals surface area (Å²) in [5, 5.41) is 11.6. The average molecular weight is 194 g/mol. The summed E-state index contributed by atoms with van der Waals surface area (Å²) < 4.78 is 0. The summed E-state index contributed by atoms with van der Waals surface area (Å²) in [6, 6.07) is 0. The highest BCUT2D eigenvalue weighted by Gasteiger charge is 2.28.